The number of aromatic carboxylic acids is 1. The molecule has 0 amide bonds. The van der Waals surface area contributed by atoms with Crippen LogP contribution < -0.4 is 0 Å². The van der Waals surface area contributed by atoms with Crippen molar-refractivity contribution in [3.63, 3.8) is 0 Å². The molecule has 2 aromatic rings. The van der Waals surface area contributed by atoms with E-state index in [2.05, 4.69) is 10.3 Å². The first kappa shape index (κ1) is 10.8. The van der Waals surface area contributed by atoms with Gasteiger partial charge in [0.1, 0.15) is 17.2 Å². The molecular weight excluding hydrogens is 232 g/mol. The monoisotopic (exact) mass is 238 g/mol. The number of furan rings is 1. The molecule has 9 heteroatoms. The summed E-state index contributed by atoms with van der Waals surface area (Å²) < 4.78 is 6.10. The van der Waals surface area contributed by atoms with Crippen molar-refractivity contribution >= 4 is 11.9 Å². The molecule has 0 unspecified atom stereocenters. The van der Waals surface area contributed by atoms with Gasteiger partial charge in [0.15, 0.2) is 5.69 Å². The van der Waals surface area contributed by atoms with Crippen LogP contribution in [0.2, 0.25) is 0 Å². The molecule has 17 heavy (non-hydrogen) atoms. The van der Waals surface area contributed by atoms with Crippen molar-refractivity contribution in [2.45, 2.75) is 6.54 Å². The van der Waals surface area contributed by atoms with E-state index < -0.39 is 10.9 Å². The SMILES string of the molecule is O=C(O)c1cn(Cc2ccc([N+](=O)[O-])o2)nn1. The van der Waals surface area contributed by atoms with Crippen LogP contribution in [0.5, 0.6) is 0 Å². The van der Waals surface area contributed by atoms with E-state index in [9.17, 15) is 14.9 Å². The molecule has 2 aromatic heterocycles. The van der Waals surface area contributed by atoms with E-state index >= 15 is 0 Å². The second-order valence-corrected chi connectivity index (χ2v) is 3.10. The maximum absolute atomic E-state index is 10.5. The second-order valence-electron chi connectivity index (χ2n) is 3.10. The highest BCUT2D eigenvalue weighted by atomic mass is 16.6. The van der Waals surface area contributed by atoms with E-state index in [1.807, 2.05) is 0 Å². The summed E-state index contributed by atoms with van der Waals surface area (Å²) in [5, 5.41) is 25.9. The molecule has 9 nitrogen and oxygen atoms in total. The largest absolute Gasteiger partial charge is 0.476 e. The Labute approximate surface area is 93.4 Å². The first-order valence-electron chi connectivity index (χ1n) is 4.43. The first-order chi connectivity index (χ1) is 8.06. The van der Waals surface area contributed by atoms with Crippen molar-refractivity contribution in [3.8, 4) is 0 Å². The van der Waals surface area contributed by atoms with E-state index in [-0.39, 0.29) is 18.1 Å². The third kappa shape index (κ3) is 2.27. The summed E-state index contributed by atoms with van der Waals surface area (Å²) in [6.45, 7) is 0.0775. The Morgan fingerprint density at radius 1 is 1.59 bits per heavy atom. The van der Waals surface area contributed by atoms with Gasteiger partial charge in [-0.05, 0) is 6.07 Å². The lowest BCUT2D eigenvalue weighted by atomic mass is 10.4. The number of carboxylic acids is 1. The molecule has 0 aliphatic carbocycles. The molecule has 0 bridgehead atoms. The van der Waals surface area contributed by atoms with Gasteiger partial charge in [-0.15, -0.1) is 5.10 Å². The molecule has 2 rings (SSSR count). The minimum Gasteiger partial charge on any atom is -0.476 e. The van der Waals surface area contributed by atoms with Gasteiger partial charge in [-0.3, -0.25) is 10.1 Å². The van der Waals surface area contributed by atoms with Crippen molar-refractivity contribution < 1.29 is 19.2 Å². The molecular formula is C8H6N4O5. The summed E-state index contributed by atoms with van der Waals surface area (Å²) in [6, 6.07) is 2.63. The van der Waals surface area contributed by atoms with Crippen molar-refractivity contribution in [2.75, 3.05) is 0 Å². The Morgan fingerprint density at radius 2 is 2.35 bits per heavy atom. The number of nitro groups is 1. The average molecular weight is 238 g/mol. The van der Waals surface area contributed by atoms with Gasteiger partial charge in [0.2, 0.25) is 0 Å². The van der Waals surface area contributed by atoms with Crippen LogP contribution in [0.4, 0.5) is 5.88 Å². The smallest absolute Gasteiger partial charge is 0.433 e. The van der Waals surface area contributed by atoms with Gasteiger partial charge in [-0.2, -0.15) is 0 Å². The van der Waals surface area contributed by atoms with Crippen LogP contribution in [0.1, 0.15) is 16.2 Å². The number of aromatic nitrogens is 3. The molecule has 0 aromatic carbocycles. The molecule has 0 saturated heterocycles. The number of nitrogens with zero attached hydrogens (tertiary/aromatic N) is 4. The predicted octanol–water partition coefficient (Wildman–Crippen LogP) is 0.526. The number of carbonyl (C=O) groups is 1. The summed E-state index contributed by atoms with van der Waals surface area (Å²) in [7, 11) is 0. The topological polar surface area (TPSA) is 124 Å². The van der Waals surface area contributed by atoms with E-state index in [1.54, 1.807) is 0 Å². The summed E-state index contributed by atoms with van der Waals surface area (Å²) in [5.41, 5.74) is -0.203. The quantitative estimate of drug-likeness (QED) is 0.608. The van der Waals surface area contributed by atoms with Crippen molar-refractivity contribution in [1.29, 1.82) is 0 Å². The third-order valence-corrected chi connectivity index (χ3v) is 1.90. The molecule has 0 saturated carbocycles. The van der Waals surface area contributed by atoms with Crippen LogP contribution in [0.3, 0.4) is 0 Å². The molecule has 0 aliphatic rings. The van der Waals surface area contributed by atoms with Crippen LogP contribution in [0, 0.1) is 10.1 Å². The molecule has 1 N–H and O–H groups in total. The zero-order valence-corrected chi connectivity index (χ0v) is 8.31. The van der Waals surface area contributed by atoms with Gasteiger partial charge in [-0.25, -0.2) is 9.48 Å². The highest BCUT2D eigenvalue weighted by molar-refractivity contribution is 5.84. The maximum atomic E-state index is 10.5. The Balaban J connectivity index is 2.13. The summed E-state index contributed by atoms with van der Waals surface area (Å²) in [5.74, 6) is -1.28. The van der Waals surface area contributed by atoms with Crippen molar-refractivity contribution in [1.82, 2.24) is 15.0 Å². The van der Waals surface area contributed by atoms with Gasteiger partial charge in [0.25, 0.3) is 0 Å². The van der Waals surface area contributed by atoms with E-state index in [0.29, 0.717) is 5.76 Å². The van der Waals surface area contributed by atoms with Gasteiger partial charge >= 0.3 is 11.9 Å². The zero-order chi connectivity index (χ0) is 12.4. The fourth-order valence-electron chi connectivity index (χ4n) is 1.18. The normalized spacial score (nSPS) is 10.4. The lowest BCUT2D eigenvalue weighted by molar-refractivity contribution is -0.402. The number of hydrogen-bond acceptors (Lipinski definition) is 6. The van der Waals surface area contributed by atoms with Gasteiger partial charge in [0, 0.05) is 0 Å². The molecule has 0 fully saturated rings. The highest BCUT2D eigenvalue weighted by Gasteiger charge is 2.13. The minimum absolute atomic E-state index is 0.0775. The van der Waals surface area contributed by atoms with Crippen LogP contribution in [-0.4, -0.2) is 31.0 Å². The Hall–Kier alpha value is -2.71. The standard InChI is InChI=1S/C8H6N4O5/c13-8(14)6-4-11(10-9-6)3-5-1-2-7(17-5)12(15)16/h1-2,4H,3H2,(H,13,14). The molecule has 88 valence electrons. The Morgan fingerprint density at radius 3 is 2.88 bits per heavy atom. The van der Waals surface area contributed by atoms with Crippen LogP contribution >= 0.6 is 0 Å². The summed E-state index contributed by atoms with van der Waals surface area (Å²) >= 11 is 0. The molecule has 0 atom stereocenters. The zero-order valence-electron chi connectivity index (χ0n) is 8.31. The number of rotatable bonds is 4. The van der Waals surface area contributed by atoms with Gasteiger partial charge in [0.05, 0.1) is 12.3 Å². The maximum Gasteiger partial charge on any atom is 0.433 e. The van der Waals surface area contributed by atoms with Gasteiger partial charge < -0.3 is 9.52 Å². The Kier molecular flexibility index (Phi) is 2.57. The summed E-state index contributed by atoms with van der Waals surface area (Å²) in [6.07, 6.45) is 1.21. The van der Waals surface area contributed by atoms with E-state index in [4.69, 9.17) is 9.52 Å². The molecule has 0 radical (unpaired) electrons. The molecule has 0 spiro atoms. The third-order valence-electron chi connectivity index (χ3n) is 1.90. The Bertz CT molecular complexity index is 522. The molecule has 2 heterocycles. The fourth-order valence-corrected chi connectivity index (χ4v) is 1.18. The van der Waals surface area contributed by atoms with Crippen molar-refractivity contribution in [3.05, 3.63) is 39.9 Å². The predicted molar refractivity (Wildman–Crippen MR) is 51.4 cm³/mol. The second kappa shape index (κ2) is 4.04. The van der Waals surface area contributed by atoms with Crippen LogP contribution in [0.15, 0.2) is 22.7 Å². The number of carboxylic acid groups (broad SMARTS) is 1. The van der Waals surface area contributed by atoms with E-state index in [0.717, 1.165) is 0 Å². The average Bonchev–Trinajstić information content (AvgIpc) is 2.87. The first-order valence-corrected chi connectivity index (χ1v) is 4.43. The van der Waals surface area contributed by atoms with Crippen molar-refractivity contribution in [2.24, 2.45) is 0 Å². The summed E-state index contributed by atoms with van der Waals surface area (Å²) in [4.78, 5) is 20.2. The lowest BCUT2D eigenvalue weighted by Crippen LogP contribution is -1.99. The fraction of sp³-hybridized carbons (Fsp3) is 0.125. The highest BCUT2D eigenvalue weighted by Crippen LogP contribution is 2.16. The van der Waals surface area contributed by atoms with Gasteiger partial charge in [-0.1, -0.05) is 5.21 Å². The molecule has 0 aliphatic heterocycles. The number of hydrogen-bond donors (Lipinski definition) is 1. The lowest BCUT2D eigenvalue weighted by Gasteiger charge is -1.93. The van der Waals surface area contributed by atoms with Crippen LogP contribution in [-0.2, 0) is 6.54 Å². The van der Waals surface area contributed by atoms with E-state index in [1.165, 1.54) is 23.0 Å². The van der Waals surface area contributed by atoms with Crippen LogP contribution in [0.25, 0.3) is 0 Å². The minimum atomic E-state index is -1.19.